The standard InChI is InChI=1S/C45H72N2O6/c1-28(2)36-32(48)27-45(18-19-46-20-21-47-22-24-52-25-23-47)17-16-43(8)29(37(36)45)10-11-34-42(7)14-13-35(41(5,6)33(42)12-15-44(34,43)9)53-39(51)31-26-30(38(49)50)40(31,3)4/h28-31,33-35,46H,10-27H2,1-9H3,(H,49,50)/t29-,30+,31-,33+,34-,35+,42+,43-,44-,45-/m1/s1. The molecule has 6 fully saturated rings. The number of hydrogen-bond acceptors (Lipinski definition) is 7. The lowest BCUT2D eigenvalue weighted by atomic mass is 9.33. The lowest BCUT2D eigenvalue weighted by molar-refractivity contribution is -0.236. The summed E-state index contributed by atoms with van der Waals surface area (Å²) in [6.45, 7) is 27.6. The second-order valence-corrected chi connectivity index (χ2v) is 21.2. The van der Waals surface area contributed by atoms with Crippen LogP contribution in [0.1, 0.15) is 133 Å². The number of morpholine rings is 1. The molecule has 6 aliphatic carbocycles. The Morgan fingerprint density at radius 1 is 0.868 bits per heavy atom. The Bertz CT molecular complexity index is 1490. The van der Waals surface area contributed by atoms with Gasteiger partial charge in [0.1, 0.15) is 6.10 Å². The van der Waals surface area contributed by atoms with Gasteiger partial charge in [-0.15, -0.1) is 0 Å². The first-order valence-electron chi connectivity index (χ1n) is 21.6. The Kier molecular flexibility index (Phi) is 10.2. The summed E-state index contributed by atoms with van der Waals surface area (Å²) in [5, 5.41) is 13.4. The van der Waals surface area contributed by atoms with Gasteiger partial charge in [0, 0.05) is 43.4 Å². The Balaban J connectivity index is 1.08. The molecule has 1 aliphatic heterocycles. The average molecular weight is 737 g/mol. The largest absolute Gasteiger partial charge is 0.481 e. The highest BCUT2D eigenvalue weighted by Crippen LogP contribution is 2.77. The minimum Gasteiger partial charge on any atom is -0.481 e. The first-order chi connectivity index (χ1) is 24.8. The molecule has 0 amide bonds. The second-order valence-electron chi connectivity index (χ2n) is 21.2. The zero-order valence-corrected chi connectivity index (χ0v) is 34.7. The van der Waals surface area contributed by atoms with Crippen molar-refractivity contribution in [2.24, 2.45) is 68.0 Å². The third kappa shape index (κ3) is 6.03. The molecule has 7 aliphatic rings. The number of fused-ring (bicyclic) bond motifs is 7. The molecule has 1 saturated heterocycles. The van der Waals surface area contributed by atoms with Gasteiger partial charge in [0.15, 0.2) is 5.78 Å². The van der Waals surface area contributed by atoms with E-state index in [1.807, 2.05) is 13.8 Å². The number of nitrogens with zero attached hydrogens (tertiary/aromatic N) is 1. The van der Waals surface area contributed by atoms with Crippen LogP contribution in [0.4, 0.5) is 0 Å². The van der Waals surface area contributed by atoms with E-state index in [0.29, 0.717) is 36.4 Å². The lowest BCUT2D eigenvalue weighted by Gasteiger charge is -2.72. The van der Waals surface area contributed by atoms with Crippen LogP contribution in [0.3, 0.4) is 0 Å². The van der Waals surface area contributed by atoms with E-state index in [2.05, 4.69) is 58.7 Å². The summed E-state index contributed by atoms with van der Waals surface area (Å²) in [6.07, 6.45) is 10.9. The molecule has 0 aromatic carbocycles. The van der Waals surface area contributed by atoms with Gasteiger partial charge >= 0.3 is 11.9 Å². The van der Waals surface area contributed by atoms with Crippen molar-refractivity contribution in [3.05, 3.63) is 11.1 Å². The van der Waals surface area contributed by atoms with Crippen molar-refractivity contribution in [3.8, 4) is 0 Å². The SMILES string of the molecule is CC(C)C1=C2[C@H]3CC[C@@H]4[C@@]5(C)CC[C@H](OC(=O)[C@H]6C[C@@H](C(=O)O)C6(C)C)C(C)(C)[C@@H]5CC[C@@]4(C)[C@]3(C)CC[C@@]2(CCNCCN2CCOCC2)CC1=O. The highest BCUT2D eigenvalue weighted by atomic mass is 16.5. The Hall–Kier alpha value is -1.77. The number of nitrogens with one attached hydrogen (secondary N) is 1. The average Bonchev–Trinajstić information content (AvgIpc) is 3.38. The fourth-order valence-electron chi connectivity index (χ4n) is 14.7. The van der Waals surface area contributed by atoms with Gasteiger partial charge in [-0.25, -0.2) is 0 Å². The minimum atomic E-state index is -0.812. The first kappa shape index (κ1) is 39.5. The van der Waals surface area contributed by atoms with Crippen molar-refractivity contribution < 1.29 is 29.0 Å². The van der Waals surface area contributed by atoms with Crippen LogP contribution in [0.2, 0.25) is 0 Å². The Morgan fingerprint density at radius 2 is 1.58 bits per heavy atom. The molecule has 5 saturated carbocycles. The lowest BCUT2D eigenvalue weighted by Crippen LogP contribution is -2.66. The summed E-state index contributed by atoms with van der Waals surface area (Å²) in [6, 6.07) is 0. The van der Waals surface area contributed by atoms with E-state index in [0.717, 1.165) is 78.0 Å². The van der Waals surface area contributed by atoms with Gasteiger partial charge in [0.2, 0.25) is 0 Å². The third-order valence-corrected chi connectivity index (χ3v) is 18.1. The van der Waals surface area contributed by atoms with Gasteiger partial charge in [-0.3, -0.25) is 19.3 Å². The highest BCUT2D eigenvalue weighted by molar-refractivity contribution is 6.00. The molecule has 0 unspecified atom stereocenters. The molecule has 0 spiro atoms. The van der Waals surface area contributed by atoms with Gasteiger partial charge in [-0.05, 0) is 122 Å². The second kappa shape index (κ2) is 13.7. The maximum absolute atomic E-state index is 14.0. The van der Waals surface area contributed by atoms with Crippen LogP contribution in [0, 0.1) is 68.0 Å². The van der Waals surface area contributed by atoms with Crippen molar-refractivity contribution in [1.82, 2.24) is 10.2 Å². The van der Waals surface area contributed by atoms with Crippen LogP contribution in [0.5, 0.6) is 0 Å². The number of carbonyl (C=O) groups is 3. The Labute approximate surface area is 320 Å². The molecule has 0 radical (unpaired) electrons. The summed E-state index contributed by atoms with van der Waals surface area (Å²) >= 11 is 0. The molecule has 0 aromatic rings. The quantitative estimate of drug-likeness (QED) is 0.172. The number of ether oxygens (including phenoxy) is 2. The van der Waals surface area contributed by atoms with Crippen LogP contribution >= 0.6 is 0 Å². The normalized spacial score (nSPS) is 43.3. The number of ketones is 1. The molecular weight excluding hydrogens is 665 g/mol. The predicted molar refractivity (Wildman–Crippen MR) is 207 cm³/mol. The van der Waals surface area contributed by atoms with Crippen molar-refractivity contribution >= 4 is 17.7 Å². The Morgan fingerprint density at radius 3 is 2.25 bits per heavy atom. The molecule has 0 bridgehead atoms. The van der Waals surface area contributed by atoms with Gasteiger partial charge < -0.3 is 19.9 Å². The zero-order valence-electron chi connectivity index (χ0n) is 34.7. The molecule has 298 valence electrons. The molecule has 2 N–H and O–H groups in total. The molecule has 8 nitrogen and oxygen atoms in total. The highest BCUT2D eigenvalue weighted by Gasteiger charge is 2.70. The van der Waals surface area contributed by atoms with Crippen LogP contribution in [0.25, 0.3) is 0 Å². The number of allylic oxidation sites excluding steroid dienone is 2. The molecule has 0 aromatic heterocycles. The number of aliphatic carboxylic acids is 1. The zero-order chi connectivity index (χ0) is 38.4. The van der Waals surface area contributed by atoms with Gasteiger partial charge in [-0.1, -0.05) is 67.9 Å². The summed E-state index contributed by atoms with van der Waals surface area (Å²) < 4.78 is 12.0. The maximum Gasteiger partial charge on any atom is 0.309 e. The number of Topliss-reactive ketones (excluding diaryl/α,β-unsaturated/α-hetero) is 1. The van der Waals surface area contributed by atoms with Gasteiger partial charge in [-0.2, -0.15) is 0 Å². The van der Waals surface area contributed by atoms with Crippen molar-refractivity contribution in [2.45, 2.75) is 139 Å². The number of rotatable bonds is 10. The number of carbonyl (C=O) groups excluding carboxylic acids is 2. The van der Waals surface area contributed by atoms with Crippen LogP contribution < -0.4 is 5.32 Å². The van der Waals surface area contributed by atoms with Gasteiger partial charge in [0.25, 0.3) is 0 Å². The van der Waals surface area contributed by atoms with Crippen molar-refractivity contribution in [2.75, 3.05) is 45.9 Å². The summed E-state index contributed by atoms with van der Waals surface area (Å²) in [7, 11) is 0. The van der Waals surface area contributed by atoms with Crippen molar-refractivity contribution in [1.29, 1.82) is 0 Å². The first-order valence-corrected chi connectivity index (χ1v) is 21.6. The molecule has 10 atom stereocenters. The monoisotopic (exact) mass is 737 g/mol. The van der Waals surface area contributed by atoms with E-state index in [-0.39, 0.29) is 51.0 Å². The third-order valence-electron chi connectivity index (χ3n) is 18.1. The predicted octanol–water partition coefficient (Wildman–Crippen LogP) is 7.94. The van der Waals surface area contributed by atoms with E-state index in [9.17, 15) is 19.5 Å². The number of esters is 1. The van der Waals surface area contributed by atoms with E-state index in [1.165, 1.54) is 31.3 Å². The van der Waals surface area contributed by atoms with Crippen LogP contribution in [-0.4, -0.2) is 79.8 Å². The van der Waals surface area contributed by atoms with Crippen molar-refractivity contribution in [3.63, 3.8) is 0 Å². The molecule has 8 heteroatoms. The summed E-state index contributed by atoms with van der Waals surface area (Å²) in [5.74, 6) is 0.331. The van der Waals surface area contributed by atoms with Crippen LogP contribution in [-0.2, 0) is 23.9 Å². The van der Waals surface area contributed by atoms with Crippen LogP contribution in [0.15, 0.2) is 11.1 Å². The van der Waals surface area contributed by atoms with E-state index in [1.54, 1.807) is 5.57 Å². The van der Waals surface area contributed by atoms with E-state index >= 15 is 0 Å². The summed E-state index contributed by atoms with van der Waals surface area (Å²) in [5.41, 5.74) is 2.48. The number of hydrogen-bond donors (Lipinski definition) is 2. The van der Waals surface area contributed by atoms with E-state index in [4.69, 9.17) is 9.47 Å². The van der Waals surface area contributed by atoms with E-state index < -0.39 is 17.3 Å². The smallest absolute Gasteiger partial charge is 0.309 e. The minimum absolute atomic E-state index is 0.000538. The number of carboxylic acid groups (broad SMARTS) is 1. The molecule has 1 heterocycles. The molecule has 53 heavy (non-hydrogen) atoms. The maximum atomic E-state index is 14.0. The summed E-state index contributed by atoms with van der Waals surface area (Å²) in [4.78, 5) is 41.9. The van der Waals surface area contributed by atoms with Gasteiger partial charge in [0.05, 0.1) is 25.0 Å². The fraction of sp³-hybridized carbons (Fsp3) is 0.889. The topological polar surface area (TPSA) is 105 Å². The molecular formula is C45H72N2O6. The fourth-order valence-corrected chi connectivity index (χ4v) is 14.7. The molecule has 7 rings (SSSR count). The number of carboxylic acids is 1.